The normalized spacial score (nSPS) is 26.2. The molecule has 0 amide bonds. The maximum Gasteiger partial charge on any atom is 0.119 e. The number of piperidine rings is 1. The maximum atomic E-state index is 10.1. The van der Waals surface area contributed by atoms with E-state index in [1.54, 1.807) is 0 Å². The molecule has 4 rings (SSSR count). The molecule has 0 spiro atoms. The van der Waals surface area contributed by atoms with Crippen LogP contribution in [0.3, 0.4) is 0 Å². The fourth-order valence-corrected chi connectivity index (χ4v) is 4.73. The molecule has 3 atom stereocenters. The Hall–Kier alpha value is -1.77. The fourth-order valence-electron chi connectivity index (χ4n) is 4.73. The molecule has 3 aliphatic rings. The minimum atomic E-state index is -0.556. The van der Waals surface area contributed by atoms with Crippen molar-refractivity contribution in [2.75, 3.05) is 37.7 Å². The molecule has 1 unspecified atom stereocenters. The molecule has 2 bridgehead atoms. The lowest BCUT2D eigenvalue weighted by atomic mass is 9.73. The van der Waals surface area contributed by atoms with E-state index in [0.717, 1.165) is 25.4 Å². The van der Waals surface area contributed by atoms with Crippen LogP contribution in [0.2, 0.25) is 0 Å². The van der Waals surface area contributed by atoms with E-state index in [1.165, 1.54) is 12.1 Å². The van der Waals surface area contributed by atoms with Crippen molar-refractivity contribution >= 4 is 5.69 Å². The van der Waals surface area contributed by atoms with Gasteiger partial charge in [0.1, 0.15) is 5.75 Å². The largest absolute Gasteiger partial charge is 0.494 e. The van der Waals surface area contributed by atoms with Crippen LogP contribution in [0, 0.1) is 22.7 Å². The molecule has 0 aromatic heterocycles. The van der Waals surface area contributed by atoms with Gasteiger partial charge >= 0.3 is 0 Å². The molecule has 3 aliphatic heterocycles. The number of benzene rings is 1. The average molecular weight is 357 g/mol. The van der Waals surface area contributed by atoms with Crippen LogP contribution < -0.4 is 9.64 Å². The number of hydrogen-bond acceptors (Lipinski definition) is 5. The van der Waals surface area contributed by atoms with Crippen molar-refractivity contribution in [3.8, 4) is 11.8 Å². The third-order valence-corrected chi connectivity index (χ3v) is 5.77. The second-order valence-electron chi connectivity index (χ2n) is 8.39. The molecule has 1 N–H and O–H groups in total. The molecule has 1 aromatic rings. The Morgan fingerprint density at radius 1 is 1.27 bits per heavy atom. The van der Waals surface area contributed by atoms with Gasteiger partial charge in [-0.2, -0.15) is 5.26 Å². The Morgan fingerprint density at radius 2 is 2.00 bits per heavy atom. The summed E-state index contributed by atoms with van der Waals surface area (Å²) in [5.41, 5.74) is 1.46. The monoisotopic (exact) mass is 357 g/mol. The van der Waals surface area contributed by atoms with Crippen LogP contribution in [0.5, 0.6) is 5.75 Å². The summed E-state index contributed by atoms with van der Waals surface area (Å²) in [6, 6.07) is 10.9. The van der Waals surface area contributed by atoms with E-state index < -0.39 is 6.10 Å². The molecular weight excluding hydrogens is 326 g/mol. The number of fused-ring (bicyclic) bond motifs is 4. The van der Waals surface area contributed by atoms with E-state index in [-0.39, 0.29) is 11.8 Å². The van der Waals surface area contributed by atoms with Crippen LogP contribution in [-0.4, -0.2) is 54.9 Å². The molecule has 5 nitrogen and oxygen atoms in total. The lowest BCUT2D eigenvalue weighted by Gasteiger charge is -2.48. The van der Waals surface area contributed by atoms with Crippen LogP contribution in [0.1, 0.15) is 33.6 Å². The van der Waals surface area contributed by atoms with Crippen molar-refractivity contribution in [2.45, 2.75) is 45.8 Å². The first-order valence-electron chi connectivity index (χ1n) is 9.70. The van der Waals surface area contributed by atoms with E-state index in [2.05, 4.69) is 54.0 Å². The Morgan fingerprint density at radius 3 is 2.65 bits per heavy atom. The summed E-state index contributed by atoms with van der Waals surface area (Å²) < 4.78 is 5.58. The van der Waals surface area contributed by atoms with Gasteiger partial charge in [-0.25, -0.2) is 0 Å². The summed E-state index contributed by atoms with van der Waals surface area (Å²) in [6.45, 7) is 11.0. The summed E-state index contributed by atoms with van der Waals surface area (Å²) in [5.74, 6) is 1.49. The lowest BCUT2D eigenvalue weighted by Crippen LogP contribution is -2.54. The molecule has 0 radical (unpaired) electrons. The first kappa shape index (κ1) is 19.0. The number of aliphatic hydroxyl groups is 1. The Bertz CT molecular complexity index is 638. The van der Waals surface area contributed by atoms with E-state index in [9.17, 15) is 5.11 Å². The molecule has 3 fully saturated rings. The zero-order chi connectivity index (χ0) is 18.7. The highest BCUT2D eigenvalue weighted by Gasteiger charge is 2.45. The Labute approximate surface area is 157 Å². The van der Waals surface area contributed by atoms with Crippen molar-refractivity contribution in [3.05, 3.63) is 24.3 Å². The van der Waals surface area contributed by atoms with Gasteiger partial charge in [-0.1, -0.05) is 13.8 Å². The van der Waals surface area contributed by atoms with Gasteiger partial charge in [-0.3, -0.25) is 4.90 Å². The highest BCUT2D eigenvalue weighted by Crippen LogP contribution is 2.43. The molecule has 0 aliphatic carbocycles. The van der Waals surface area contributed by atoms with E-state index in [0.29, 0.717) is 25.1 Å². The van der Waals surface area contributed by atoms with Gasteiger partial charge < -0.3 is 14.7 Å². The van der Waals surface area contributed by atoms with Crippen LogP contribution in [0.25, 0.3) is 0 Å². The number of rotatable bonds is 6. The summed E-state index contributed by atoms with van der Waals surface area (Å²) in [5, 5.41) is 18.9. The minimum absolute atomic E-state index is 0.206. The van der Waals surface area contributed by atoms with Crippen molar-refractivity contribution in [1.82, 2.24) is 4.90 Å². The maximum absolute atomic E-state index is 10.1. The van der Waals surface area contributed by atoms with Gasteiger partial charge in [0.2, 0.25) is 0 Å². The van der Waals surface area contributed by atoms with Crippen LogP contribution in [0.15, 0.2) is 24.3 Å². The molecular formula is C21H31N3O2. The van der Waals surface area contributed by atoms with Crippen LogP contribution in [-0.2, 0) is 0 Å². The number of anilines is 1. The predicted octanol–water partition coefficient (Wildman–Crippen LogP) is 2.90. The summed E-state index contributed by atoms with van der Waals surface area (Å²) in [6.07, 6.45) is 0.855. The first-order chi connectivity index (χ1) is 12.4. The van der Waals surface area contributed by atoms with Gasteiger partial charge in [0, 0.05) is 37.9 Å². The molecule has 3 saturated heterocycles. The number of aliphatic hydroxyl groups excluding tert-OH is 1. The second kappa shape index (κ2) is 7.85. The third kappa shape index (κ3) is 4.13. The third-order valence-electron chi connectivity index (χ3n) is 5.77. The average Bonchev–Trinajstić information content (AvgIpc) is 2.82. The Kier molecular flexibility index (Phi) is 5.74. The zero-order valence-electron chi connectivity index (χ0n) is 16.2. The number of nitrogens with zero attached hydrogens (tertiary/aromatic N) is 3. The van der Waals surface area contributed by atoms with Gasteiger partial charge in [0.25, 0.3) is 0 Å². The van der Waals surface area contributed by atoms with Gasteiger partial charge in [0.05, 0.1) is 25.2 Å². The van der Waals surface area contributed by atoms with Gasteiger partial charge in [-0.05, 0) is 48.9 Å². The Balaban J connectivity index is 1.79. The molecule has 1 aromatic carbocycles. The molecule has 5 heteroatoms. The molecule has 0 saturated carbocycles. The SMILES string of the molecule is CCOc1ccc(N2C[C@H]3CN(CC(O)CC#N)C[C@@H]2C(C)(C)C3)cc1. The smallest absolute Gasteiger partial charge is 0.119 e. The van der Waals surface area contributed by atoms with Crippen molar-refractivity contribution in [2.24, 2.45) is 11.3 Å². The topological polar surface area (TPSA) is 59.7 Å². The lowest BCUT2D eigenvalue weighted by molar-refractivity contribution is 0.112. The van der Waals surface area contributed by atoms with Crippen LogP contribution in [0.4, 0.5) is 5.69 Å². The van der Waals surface area contributed by atoms with Gasteiger partial charge in [-0.15, -0.1) is 0 Å². The fraction of sp³-hybridized carbons (Fsp3) is 0.667. The quantitative estimate of drug-likeness (QED) is 0.848. The highest BCUT2D eigenvalue weighted by molar-refractivity contribution is 5.51. The van der Waals surface area contributed by atoms with Crippen molar-refractivity contribution < 1.29 is 9.84 Å². The van der Waals surface area contributed by atoms with Crippen molar-refractivity contribution in [3.63, 3.8) is 0 Å². The first-order valence-corrected chi connectivity index (χ1v) is 9.70. The van der Waals surface area contributed by atoms with E-state index in [1.807, 2.05) is 6.92 Å². The number of nitriles is 1. The summed E-state index contributed by atoms with van der Waals surface area (Å²) >= 11 is 0. The van der Waals surface area contributed by atoms with E-state index in [4.69, 9.17) is 10.00 Å². The van der Waals surface area contributed by atoms with E-state index >= 15 is 0 Å². The molecule has 3 heterocycles. The standard InChI is InChI=1S/C21H31N3O2/c1-4-26-19-7-5-17(6-8-19)24-13-16-11-21(2,3)20(24)15-23(12-16)14-18(25)9-10-22/h5-8,16,18,20,25H,4,9,11-15H2,1-3H3/t16-,18?,20-/m1/s1. The highest BCUT2D eigenvalue weighted by atomic mass is 16.5. The summed E-state index contributed by atoms with van der Waals surface area (Å²) in [4.78, 5) is 4.90. The van der Waals surface area contributed by atoms with Gasteiger partial charge in [0.15, 0.2) is 0 Å². The predicted molar refractivity (Wildman–Crippen MR) is 103 cm³/mol. The number of ether oxygens (including phenoxy) is 1. The molecule has 142 valence electrons. The second-order valence-corrected chi connectivity index (χ2v) is 8.39. The minimum Gasteiger partial charge on any atom is -0.494 e. The number of hydrogen-bond donors (Lipinski definition) is 1. The van der Waals surface area contributed by atoms with Crippen molar-refractivity contribution in [1.29, 1.82) is 5.26 Å². The van der Waals surface area contributed by atoms with Crippen LogP contribution >= 0.6 is 0 Å². The summed E-state index contributed by atoms with van der Waals surface area (Å²) in [7, 11) is 0. The molecule has 26 heavy (non-hydrogen) atoms. The zero-order valence-corrected chi connectivity index (χ0v) is 16.2.